The number of hydrogen-bond acceptors (Lipinski definition) is 1. The van der Waals surface area contributed by atoms with Crippen LogP contribution < -0.4 is 4.90 Å². The van der Waals surface area contributed by atoms with Gasteiger partial charge in [-0.3, -0.25) is 0 Å². The Morgan fingerprint density at radius 3 is 1.77 bits per heavy atom. The lowest BCUT2D eigenvalue weighted by Gasteiger charge is -2.28. The molecule has 2 heteroatoms. The second-order valence-electron chi connectivity index (χ2n) is 13.3. The van der Waals surface area contributed by atoms with E-state index in [0.717, 1.165) is 28.3 Å². The maximum Gasteiger partial charge on any atom is 0.0562 e. The van der Waals surface area contributed by atoms with E-state index in [1.165, 1.54) is 60.1 Å². The van der Waals surface area contributed by atoms with Gasteiger partial charge >= 0.3 is 0 Å². The zero-order valence-corrected chi connectivity index (χ0v) is 28.5. The molecule has 0 saturated carbocycles. The van der Waals surface area contributed by atoms with Crippen LogP contribution in [0.4, 0.5) is 17.1 Å². The quantitative estimate of drug-likeness (QED) is 0.172. The summed E-state index contributed by atoms with van der Waals surface area (Å²) in [5, 5.41) is 7.35. The molecule has 9 aromatic carbocycles. The first-order valence-corrected chi connectivity index (χ1v) is 17.9. The number of nitrogens with zero attached hydrogens (tertiary/aromatic N) is 2. The molecule has 0 unspecified atom stereocenters. The molecule has 0 spiro atoms. The SMILES string of the molecule is c1ccc(-c2ccc(N(c3ccccc3)c3cccc4c3c3ccccc3n4-c3ccccc3-c3cccc4ccccc34)c3ccccc23)cc1. The highest BCUT2D eigenvalue weighted by Crippen LogP contribution is 2.47. The lowest BCUT2D eigenvalue weighted by molar-refractivity contribution is 1.18. The number of benzene rings is 9. The molecule has 0 atom stereocenters. The molecule has 0 N–H and O–H groups in total. The Bertz CT molecular complexity index is 2900. The van der Waals surface area contributed by atoms with Gasteiger partial charge in [0, 0.05) is 27.4 Å². The number of anilines is 3. The van der Waals surface area contributed by atoms with E-state index in [1.54, 1.807) is 0 Å². The third kappa shape index (κ3) is 4.80. The molecule has 0 amide bonds. The zero-order valence-electron chi connectivity index (χ0n) is 28.5. The third-order valence-electron chi connectivity index (χ3n) is 10.4. The van der Waals surface area contributed by atoms with Crippen LogP contribution in [0.2, 0.25) is 0 Å². The Hall–Kier alpha value is -6.90. The van der Waals surface area contributed by atoms with Gasteiger partial charge in [0.15, 0.2) is 0 Å². The van der Waals surface area contributed by atoms with Crippen molar-refractivity contribution in [2.24, 2.45) is 0 Å². The molecule has 244 valence electrons. The van der Waals surface area contributed by atoms with E-state index in [1.807, 2.05) is 0 Å². The standard InChI is InChI=1S/C50H34N2/c1-3-17-35(18-4-1)39-33-34-47(43-25-10-9-24-40(39)43)51(37-21-5-2-6-22-37)48-31-16-32-49-50(48)44-27-12-14-30-46(44)52(49)45-29-13-11-26-42(45)41-28-15-20-36-19-7-8-23-38(36)41/h1-34H. The van der Waals surface area contributed by atoms with E-state index in [-0.39, 0.29) is 0 Å². The van der Waals surface area contributed by atoms with Gasteiger partial charge in [0.1, 0.15) is 0 Å². The molecule has 0 aliphatic rings. The summed E-state index contributed by atoms with van der Waals surface area (Å²) in [6.45, 7) is 0. The highest BCUT2D eigenvalue weighted by Gasteiger charge is 2.23. The van der Waals surface area contributed by atoms with Gasteiger partial charge in [-0.05, 0) is 75.3 Å². The predicted molar refractivity (Wildman–Crippen MR) is 221 cm³/mol. The minimum absolute atomic E-state index is 1.11. The van der Waals surface area contributed by atoms with Gasteiger partial charge < -0.3 is 9.47 Å². The van der Waals surface area contributed by atoms with Crippen molar-refractivity contribution >= 4 is 60.4 Å². The summed E-state index contributed by atoms with van der Waals surface area (Å²) in [6.07, 6.45) is 0. The number of aromatic nitrogens is 1. The minimum atomic E-state index is 1.11. The average Bonchev–Trinajstić information content (AvgIpc) is 3.56. The molecule has 10 rings (SSSR count). The Labute approximate surface area is 303 Å². The van der Waals surface area contributed by atoms with Crippen LogP contribution in [0.1, 0.15) is 0 Å². The normalized spacial score (nSPS) is 11.5. The molecule has 0 saturated heterocycles. The number of hydrogen-bond donors (Lipinski definition) is 0. The van der Waals surface area contributed by atoms with E-state index in [4.69, 9.17) is 0 Å². The van der Waals surface area contributed by atoms with E-state index >= 15 is 0 Å². The van der Waals surface area contributed by atoms with Crippen LogP contribution in [0, 0.1) is 0 Å². The van der Waals surface area contributed by atoms with E-state index < -0.39 is 0 Å². The Morgan fingerprint density at radius 1 is 0.327 bits per heavy atom. The fraction of sp³-hybridized carbons (Fsp3) is 0. The van der Waals surface area contributed by atoms with Gasteiger partial charge in [-0.15, -0.1) is 0 Å². The van der Waals surface area contributed by atoms with Crippen LogP contribution in [0.15, 0.2) is 206 Å². The molecule has 10 aromatic rings. The third-order valence-corrected chi connectivity index (χ3v) is 10.4. The molecule has 0 aliphatic carbocycles. The Balaban J connectivity index is 1.27. The highest BCUT2D eigenvalue weighted by molar-refractivity contribution is 6.18. The molecule has 2 nitrogen and oxygen atoms in total. The summed E-state index contributed by atoms with van der Waals surface area (Å²) in [5.74, 6) is 0. The summed E-state index contributed by atoms with van der Waals surface area (Å²) in [5.41, 5.74) is 11.8. The van der Waals surface area contributed by atoms with Gasteiger partial charge in [0.2, 0.25) is 0 Å². The Kier molecular flexibility index (Phi) is 7.18. The van der Waals surface area contributed by atoms with Crippen LogP contribution in [0.3, 0.4) is 0 Å². The Morgan fingerprint density at radius 2 is 0.923 bits per heavy atom. The predicted octanol–water partition coefficient (Wildman–Crippen LogP) is 13.9. The fourth-order valence-electron chi connectivity index (χ4n) is 8.14. The molecule has 0 radical (unpaired) electrons. The van der Waals surface area contributed by atoms with Gasteiger partial charge in [0.25, 0.3) is 0 Å². The molecule has 1 aromatic heterocycles. The van der Waals surface area contributed by atoms with Crippen molar-refractivity contribution in [3.8, 4) is 27.9 Å². The number of fused-ring (bicyclic) bond motifs is 5. The van der Waals surface area contributed by atoms with Gasteiger partial charge in [0.05, 0.1) is 28.1 Å². The van der Waals surface area contributed by atoms with Gasteiger partial charge in [-0.2, -0.15) is 0 Å². The van der Waals surface area contributed by atoms with Crippen molar-refractivity contribution in [3.63, 3.8) is 0 Å². The monoisotopic (exact) mass is 662 g/mol. The first-order valence-electron chi connectivity index (χ1n) is 17.9. The number of rotatable bonds is 6. The van der Waals surface area contributed by atoms with E-state index in [2.05, 4.69) is 216 Å². The summed E-state index contributed by atoms with van der Waals surface area (Å²) in [4.78, 5) is 2.45. The molecular formula is C50H34N2. The lowest BCUT2D eigenvalue weighted by atomic mass is 9.96. The molecule has 0 bridgehead atoms. The smallest absolute Gasteiger partial charge is 0.0562 e. The molecule has 0 aliphatic heterocycles. The molecular weight excluding hydrogens is 629 g/mol. The van der Waals surface area contributed by atoms with Crippen molar-refractivity contribution < 1.29 is 0 Å². The van der Waals surface area contributed by atoms with Crippen LogP contribution in [-0.2, 0) is 0 Å². The maximum absolute atomic E-state index is 2.46. The van der Waals surface area contributed by atoms with Crippen LogP contribution >= 0.6 is 0 Å². The number of para-hydroxylation sites is 3. The van der Waals surface area contributed by atoms with Crippen molar-refractivity contribution in [2.45, 2.75) is 0 Å². The summed E-state index contributed by atoms with van der Waals surface area (Å²) >= 11 is 0. The topological polar surface area (TPSA) is 8.17 Å². The van der Waals surface area contributed by atoms with Crippen molar-refractivity contribution in [1.29, 1.82) is 0 Å². The largest absolute Gasteiger partial charge is 0.309 e. The fourth-order valence-corrected chi connectivity index (χ4v) is 8.14. The summed E-state index contributed by atoms with van der Waals surface area (Å²) in [7, 11) is 0. The molecule has 1 heterocycles. The first-order chi connectivity index (χ1) is 25.8. The van der Waals surface area contributed by atoms with Crippen molar-refractivity contribution in [2.75, 3.05) is 4.90 Å². The van der Waals surface area contributed by atoms with Crippen LogP contribution in [0.25, 0.3) is 71.3 Å². The molecule has 0 fully saturated rings. The van der Waals surface area contributed by atoms with Crippen molar-refractivity contribution in [1.82, 2.24) is 4.57 Å². The van der Waals surface area contributed by atoms with Gasteiger partial charge in [-0.25, -0.2) is 0 Å². The zero-order chi connectivity index (χ0) is 34.4. The maximum atomic E-state index is 2.46. The van der Waals surface area contributed by atoms with E-state index in [0.29, 0.717) is 0 Å². The molecule has 52 heavy (non-hydrogen) atoms. The minimum Gasteiger partial charge on any atom is -0.309 e. The second-order valence-corrected chi connectivity index (χ2v) is 13.3. The highest BCUT2D eigenvalue weighted by atomic mass is 15.1. The van der Waals surface area contributed by atoms with Gasteiger partial charge in [-0.1, -0.05) is 164 Å². The lowest BCUT2D eigenvalue weighted by Crippen LogP contribution is -2.11. The second kappa shape index (κ2) is 12.5. The van der Waals surface area contributed by atoms with Crippen LogP contribution in [0.5, 0.6) is 0 Å². The van der Waals surface area contributed by atoms with E-state index in [9.17, 15) is 0 Å². The summed E-state index contributed by atoms with van der Waals surface area (Å²) < 4.78 is 2.46. The van der Waals surface area contributed by atoms with Crippen LogP contribution in [-0.4, -0.2) is 4.57 Å². The summed E-state index contributed by atoms with van der Waals surface area (Å²) in [6, 6.07) is 74.6. The first kappa shape index (κ1) is 30.0. The van der Waals surface area contributed by atoms with Crippen molar-refractivity contribution in [3.05, 3.63) is 206 Å². The average molecular weight is 663 g/mol.